The van der Waals surface area contributed by atoms with E-state index in [1.54, 1.807) is 4.90 Å². The standard InChI is InChI=1S/C9H16N2O2S/c10-9(13)7-1-4-11(5-2-7)8(12)3-6-14/h7,14H,1-6H2,(H2,10,13). The van der Waals surface area contributed by atoms with Crippen LogP contribution in [0.2, 0.25) is 0 Å². The maximum Gasteiger partial charge on any atom is 0.223 e. The lowest BCUT2D eigenvalue weighted by atomic mass is 9.96. The number of thiol groups is 1. The van der Waals surface area contributed by atoms with Crippen LogP contribution >= 0.6 is 12.6 Å². The van der Waals surface area contributed by atoms with Gasteiger partial charge in [0.2, 0.25) is 11.8 Å². The zero-order valence-electron chi connectivity index (χ0n) is 8.11. The third-order valence-corrected chi connectivity index (χ3v) is 2.80. The van der Waals surface area contributed by atoms with Crippen molar-refractivity contribution < 1.29 is 9.59 Å². The molecule has 0 aromatic heterocycles. The second kappa shape index (κ2) is 5.24. The predicted octanol–water partition coefficient (Wildman–Crippen LogP) is 0.0302. The molecule has 80 valence electrons. The van der Waals surface area contributed by atoms with Crippen LogP contribution in [0.1, 0.15) is 19.3 Å². The lowest BCUT2D eigenvalue weighted by Gasteiger charge is -2.30. The Kier molecular flexibility index (Phi) is 4.25. The maximum atomic E-state index is 11.4. The van der Waals surface area contributed by atoms with E-state index in [1.165, 1.54) is 0 Å². The van der Waals surface area contributed by atoms with Crippen LogP contribution in [0.15, 0.2) is 0 Å². The van der Waals surface area contributed by atoms with Crippen molar-refractivity contribution in [2.24, 2.45) is 11.7 Å². The number of rotatable bonds is 3. The first-order chi connectivity index (χ1) is 6.65. The Hall–Kier alpha value is -0.710. The fourth-order valence-corrected chi connectivity index (χ4v) is 1.86. The van der Waals surface area contributed by atoms with Gasteiger partial charge in [0.05, 0.1) is 0 Å². The number of nitrogens with zero attached hydrogens (tertiary/aromatic N) is 1. The topological polar surface area (TPSA) is 63.4 Å². The van der Waals surface area contributed by atoms with Gasteiger partial charge in [0.1, 0.15) is 0 Å². The molecule has 2 amide bonds. The van der Waals surface area contributed by atoms with E-state index >= 15 is 0 Å². The van der Waals surface area contributed by atoms with Crippen LogP contribution in [-0.4, -0.2) is 35.6 Å². The summed E-state index contributed by atoms with van der Waals surface area (Å²) in [5.41, 5.74) is 5.19. The Morgan fingerprint density at radius 3 is 2.36 bits per heavy atom. The quantitative estimate of drug-likeness (QED) is 0.654. The Morgan fingerprint density at radius 2 is 1.93 bits per heavy atom. The summed E-state index contributed by atoms with van der Waals surface area (Å²) in [4.78, 5) is 24.1. The number of hydrogen-bond acceptors (Lipinski definition) is 3. The van der Waals surface area contributed by atoms with Gasteiger partial charge in [-0.15, -0.1) is 0 Å². The number of primary amides is 1. The van der Waals surface area contributed by atoms with E-state index < -0.39 is 0 Å². The minimum atomic E-state index is -0.244. The third kappa shape index (κ3) is 2.90. The van der Waals surface area contributed by atoms with Crippen molar-refractivity contribution in [2.45, 2.75) is 19.3 Å². The van der Waals surface area contributed by atoms with Crippen LogP contribution in [0.25, 0.3) is 0 Å². The number of carbonyl (C=O) groups is 2. The second-order valence-corrected chi connectivity index (χ2v) is 3.98. The SMILES string of the molecule is NC(=O)C1CCN(C(=O)CCS)CC1. The fourth-order valence-electron chi connectivity index (χ4n) is 1.67. The molecule has 0 aliphatic carbocycles. The highest BCUT2D eigenvalue weighted by Crippen LogP contribution is 2.17. The predicted molar refractivity (Wildman–Crippen MR) is 57.0 cm³/mol. The van der Waals surface area contributed by atoms with E-state index in [0.29, 0.717) is 38.1 Å². The minimum absolute atomic E-state index is 0.0462. The van der Waals surface area contributed by atoms with Crippen molar-refractivity contribution >= 4 is 24.4 Å². The van der Waals surface area contributed by atoms with Gasteiger partial charge in [-0.2, -0.15) is 12.6 Å². The molecule has 0 spiro atoms. The van der Waals surface area contributed by atoms with Crippen LogP contribution < -0.4 is 5.73 Å². The van der Waals surface area contributed by atoms with Crippen LogP contribution in [0.4, 0.5) is 0 Å². The zero-order chi connectivity index (χ0) is 10.6. The number of likely N-dealkylation sites (tertiary alicyclic amines) is 1. The van der Waals surface area contributed by atoms with Gasteiger partial charge in [-0.3, -0.25) is 9.59 Å². The first-order valence-electron chi connectivity index (χ1n) is 4.83. The van der Waals surface area contributed by atoms with Gasteiger partial charge < -0.3 is 10.6 Å². The zero-order valence-corrected chi connectivity index (χ0v) is 9.00. The van der Waals surface area contributed by atoms with Gasteiger partial charge in [0.15, 0.2) is 0 Å². The largest absolute Gasteiger partial charge is 0.369 e. The van der Waals surface area contributed by atoms with E-state index in [9.17, 15) is 9.59 Å². The summed E-state index contributed by atoms with van der Waals surface area (Å²) in [5, 5.41) is 0. The minimum Gasteiger partial charge on any atom is -0.369 e. The van der Waals surface area contributed by atoms with Crippen molar-refractivity contribution in [2.75, 3.05) is 18.8 Å². The van der Waals surface area contributed by atoms with Gasteiger partial charge in [0.25, 0.3) is 0 Å². The second-order valence-electron chi connectivity index (χ2n) is 3.53. The summed E-state index contributed by atoms with van der Waals surface area (Å²) in [6.45, 7) is 1.31. The lowest BCUT2D eigenvalue weighted by molar-refractivity contribution is -0.134. The van der Waals surface area contributed by atoms with E-state index in [1.807, 2.05) is 0 Å². The van der Waals surface area contributed by atoms with Crippen LogP contribution in [0.5, 0.6) is 0 Å². The van der Waals surface area contributed by atoms with Crippen molar-refractivity contribution in [1.82, 2.24) is 4.90 Å². The van der Waals surface area contributed by atoms with Crippen molar-refractivity contribution in [1.29, 1.82) is 0 Å². The summed E-state index contributed by atoms with van der Waals surface area (Å²) in [6, 6.07) is 0. The molecule has 0 unspecified atom stereocenters. The molecule has 1 aliphatic rings. The summed E-state index contributed by atoms with van der Waals surface area (Å²) >= 11 is 4.01. The summed E-state index contributed by atoms with van der Waals surface area (Å²) in [5.74, 6) is 0.415. The summed E-state index contributed by atoms with van der Waals surface area (Å²) in [6.07, 6.45) is 1.88. The Labute approximate surface area is 89.2 Å². The molecule has 0 bridgehead atoms. The number of hydrogen-bond donors (Lipinski definition) is 2. The number of carbonyl (C=O) groups excluding carboxylic acids is 2. The van der Waals surface area contributed by atoms with E-state index in [-0.39, 0.29) is 17.7 Å². The third-order valence-electron chi connectivity index (χ3n) is 2.58. The van der Waals surface area contributed by atoms with Gasteiger partial charge in [0, 0.05) is 25.4 Å². The van der Waals surface area contributed by atoms with Crippen LogP contribution in [-0.2, 0) is 9.59 Å². The molecule has 1 rings (SSSR count). The first-order valence-corrected chi connectivity index (χ1v) is 5.46. The number of piperidine rings is 1. The molecule has 1 heterocycles. The Balaban J connectivity index is 2.35. The molecular formula is C9H16N2O2S. The van der Waals surface area contributed by atoms with Gasteiger partial charge >= 0.3 is 0 Å². The highest BCUT2D eigenvalue weighted by atomic mass is 32.1. The number of amides is 2. The van der Waals surface area contributed by atoms with E-state index in [0.717, 1.165) is 0 Å². The van der Waals surface area contributed by atoms with E-state index in [4.69, 9.17) is 5.73 Å². The molecule has 1 saturated heterocycles. The van der Waals surface area contributed by atoms with Gasteiger partial charge in [-0.25, -0.2) is 0 Å². The van der Waals surface area contributed by atoms with E-state index in [2.05, 4.69) is 12.6 Å². The normalized spacial score (nSPS) is 18.2. The number of nitrogens with two attached hydrogens (primary N) is 1. The molecular weight excluding hydrogens is 200 g/mol. The molecule has 5 heteroatoms. The maximum absolute atomic E-state index is 11.4. The highest BCUT2D eigenvalue weighted by Gasteiger charge is 2.25. The molecule has 1 aliphatic heterocycles. The fraction of sp³-hybridized carbons (Fsp3) is 0.778. The lowest BCUT2D eigenvalue weighted by Crippen LogP contribution is -2.41. The van der Waals surface area contributed by atoms with Crippen LogP contribution in [0, 0.1) is 5.92 Å². The average Bonchev–Trinajstić information content (AvgIpc) is 2.18. The summed E-state index contributed by atoms with van der Waals surface area (Å²) in [7, 11) is 0. The molecule has 0 atom stereocenters. The molecule has 0 radical (unpaired) electrons. The molecule has 14 heavy (non-hydrogen) atoms. The average molecular weight is 216 g/mol. The first kappa shape index (κ1) is 11.4. The molecule has 2 N–H and O–H groups in total. The van der Waals surface area contributed by atoms with Crippen molar-refractivity contribution in [3.8, 4) is 0 Å². The molecule has 0 aromatic rings. The molecule has 0 saturated carbocycles. The molecule has 0 aromatic carbocycles. The highest BCUT2D eigenvalue weighted by molar-refractivity contribution is 7.80. The molecule has 4 nitrogen and oxygen atoms in total. The van der Waals surface area contributed by atoms with Crippen molar-refractivity contribution in [3.63, 3.8) is 0 Å². The Bertz CT molecular complexity index is 225. The smallest absolute Gasteiger partial charge is 0.223 e. The van der Waals surface area contributed by atoms with Gasteiger partial charge in [-0.1, -0.05) is 0 Å². The summed E-state index contributed by atoms with van der Waals surface area (Å²) < 4.78 is 0. The molecule has 1 fully saturated rings. The van der Waals surface area contributed by atoms with Gasteiger partial charge in [-0.05, 0) is 18.6 Å². The van der Waals surface area contributed by atoms with Crippen LogP contribution in [0.3, 0.4) is 0 Å². The monoisotopic (exact) mass is 216 g/mol. The van der Waals surface area contributed by atoms with Crippen molar-refractivity contribution in [3.05, 3.63) is 0 Å². The Morgan fingerprint density at radius 1 is 1.36 bits per heavy atom.